The van der Waals surface area contributed by atoms with Gasteiger partial charge in [-0.15, -0.1) is 0 Å². The van der Waals surface area contributed by atoms with Gasteiger partial charge in [0.2, 0.25) is 0 Å². The molecular formula is C14H16F2N2O. The van der Waals surface area contributed by atoms with E-state index in [9.17, 15) is 8.78 Å². The highest BCUT2D eigenvalue weighted by Crippen LogP contribution is 2.39. The minimum Gasteiger partial charge on any atom is -0.374 e. The molecule has 0 radical (unpaired) electrons. The number of H-pyrrole nitrogens is 1. The van der Waals surface area contributed by atoms with E-state index >= 15 is 0 Å². The summed E-state index contributed by atoms with van der Waals surface area (Å²) in [6.07, 6.45) is 0.147. The van der Waals surface area contributed by atoms with Gasteiger partial charge in [0.05, 0.1) is 17.7 Å². The van der Waals surface area contributed by atoms with Crippen molar-refractivity contribution in [2.24, 2.45) is 5.92 Å². The van der Waals surface area contributed by atoms with Crippen LogP contribution in [0.5, 0.6) is 0 Å². The Hall–Kier alpha value is -1.49. The molecule has 0 amide bonds. The average Bonchev–Trinajstić information content (AvgIpc) is 2.81. The van der Waals surface area contributed by atoms with Crippen molar-refractivity contribution < 1.29 is 13.5 Å². The fraction of sp³-hybridized carbons (Fsp3) is 0.500. The molecule has 0 spiro atoms. The first kappa shape index (κ1) is 12.5. The number of nitrogens with one attached hydrogen (secondary N) is 1. The molecule has 0 bridgehead atoms. The lowest BCUT2D eigenvalue weighted by atomic mass is 9.89. The lowest BCUT2D eigenvalue weighted by Gasteiger charge is -2.15. The maximum atomic E-state index is 13.7. The Balaban J connectivity index is 2.09. The van der Waals surface area contributed by atoms with E-state index < -0.39 is 11.6 Å². The summed E-state index contributed by atoms with van der Waals surface area (Å²) in [6, 6.07) is 2.12. The SMILES string of the molecule is CC1OC(C)C(c2nc3c(F)cc(F)cc3[nH]2)C1C. The third-order valence-electron chi connectivity index (χ3n) is 4.08. The van der Waals surface area contributed by atoms with Crippen LogP contribution in [0.15, 0.2) is 12.1 Å². The van der Waals surface area contributed by atoms with Crippen molar-refractivity contribution in [3.63, 3.8) is 0 Å². The van der Waals surface area contributed by atoms with Gasteiger partial charge in [0.15, 0.2) is 5.82 Å². The van der Waals surface area contributed by atoms with Gasteiger partial charge in [-0.1, -0.05) is 6.92 Å². The third-order valence-corrected chi connectivity index (χ3v) is 4.08. The summed E-state index contributed by atoms with van der Waals surface area (Å²) in [5.41, 5.74) is 0.585. The number of fused-ring (bicyclic) bond motifs is 1. The summed E-state index contributed by atoms with van der Waals surface area (Å²) in [6.45, 7) is 6.09. The number of aromatic nitrogens is 2. The van der Waals surface area contributed by atoms with Crippen LogP contribution in [0.1, 0.15) is 32.5 Å². The molecule has 3 rings (SSSR count). The molecule has 3 nitrogen and oxygen atoms in total. The van der Waals surface area contributed by atoms with Gasteiger partial charge in [-0.3, -0.25) is 0 Å². The van der Waals surface area contributed by atoms with Crippen LogP contribution >= 0.6 is 0 Å². The van der Waals surface area contributed by atoms with Gasteiger partial charge in [0.1, 0.15) is 17.2 Å². The van der Waals surface area contributed by atoms with Crippen molar-refractivity contribution in [2.75, 3.05) is 0 Å². The number of hydrogen-bond acceptors (Lipinski definition) is 2. The van der Waals surface area contributed by atoms with Crippen molar-refractivity contribution in [2.45, 2.75) is 38.9 Å². The summed E-state index contributed by atoms with van der Waals surface area (Å²) < 4.78 is 32.6. The Morgan fingerprint density at radius 1 is 1.16 bits per heavy atom. The molecule has 2 heterocycles. The van der Waals surface area contributed by atoms with Crippen LogP contribution < -0.4 is 0 Å². The van der Waals surface area contributed by atoms with E-state index in [0.29, 0.717) is 11.3 Å². The number of halogens is 2. The first-order valence-corrected chi connectivity index (χ1v) is 6.47. The number of rotatable bonds is 1. The number of hydrogen-bond donors (Lipinski definition) is 1. The fourth-order valence-corrected chi connectivity index (χ4v) is 2.96. The Morgan fingerprint density at radius 2 is 1.89 bits per heavy atom. The molecule has 19 heavy (non-hydrogen) atoms. The van der Waals surface area contributed by atoms with E-state index in [1.54, 1.807) is 0 Å². The maximum absolute atomic E-state index is 13.7. The quantitative estimate of drug-likeness (QED) is 0.859. The Bertz CT molecular complexity index is 625. The molecule has 5 heteroatoms. The standard InChI is InChI=1S/C14H16F2N2O/c1-6-7(2)19-8(3)12(6)14-17-11-5-9(15)4-10(16)13(11)18-14/h4-8,12H,1-3H3,(H,17,18). The number of ether oxygens (including phenoxy) is 1. The number of aromatic amines is 1. The average molecular weight is 266 g/mol. The molecule has 102 valence electrons. The molecule has 4 unspecified atom stereocenters. The summed E-state index contributed by atoms with van der Waals surface area (Å²) in [7, 11) is 0. The molecule has 1 aliphatic heterocycles. The molecule has 0 saturated carbocycles. The van der Waals surface area contributed by atoms with E-state index in [2.05, 4.69) is 16.9 Å². The summed E-state index contributed by atoms with van der Waals surface area (Å²) in [5, 5.41) is 0. The molecule has 2 aromatic rings. The van der Waals surface area contributed by atoms with Gasteiger partial charge in [-0.2, -0.15) is 0 Å². The van der Waals surface area contributed by atoms with Gasteiger partial charge >= 0.3 is 0 Å². The van der Waals surface area contributed by atoms with E-state index in [0.717, 1.165) is 6.07 Å². The van der Waals surface area contributed by atoms with Crippen LogP contribution in [0, 0.1) is 17.6 Å². The first-order chi connectivity index (χ1) is 8.97. The van der Waals surface area contributed by atoms with Crippen molar-refractivity contribution in [1.29, 1.82) is 0 Å². The number of nitrogens with zero attached hydrogens (tertiary/aromatic N) is 1. The minimum absolute atomic E-state index is 0.0125. The highest BCUT2D eigenvalue weighted by Gasteiger charge is 2.39. The normalized spacial score (nSPS) is 31.2. The van der Waals surface area contributed by atoms with E-state index in [4.69, 9.17) is 4.74 Å². The fourth-order valence-electron chi connectivity index (χ4n) is 2.96. The molecule has 1 aliphatic rings. The second-order valence-corrected chi connectivity index (χ2v) is 5.34. The Morgan fingerprint density at radius 3 is 2.53 bits per heavy atom. The largest absolute Gasteiger partial charge is 0.374 e. The Kier molecular flexibility index (Phi) is 2.82. The van der Waals surface area contributed by atoms with E-state index in [-0.39, 0.29) is 29.6 Å². The maximum Gasteiger partial charge on any atom is 0.153 e. The Labute approximate surface area is 110 Å². The van der Waals surface area contributed by atoms with Crippen molar-refractivity contribution in [3.8, 4) is 0 Å². The predicted octanol–water partition coefficient (Wildman–Crippen LogP) is 3.37. The highest BCUT2D eigenvalue weighted by atomic mass is 19.1. The second-order valence-electron chi connectivity index (χ2n) is 5.34. The van der Waals surface area contributed by atoms with Gasteiger partial charge in [-0.05, 0) is 25.8 Å². The van der Waals surface area contributed by atoms with Crippen LogP contribution in [0.4, 0.5) is 8.78 Å². The number of benzene rings is 1. The van der Waals surface area contributed by atoms with E-state index in [1.807, 2.05) is 13.8 Å². The van der Waals surface area contributed by atoms with Crippen LogP contribution in [0.2, 0.25) is 0 Å². The zero-order valence-corrected chi connectivity index (χ0v) is 11.1. The van der Waals surface area contributed by atoms with Crippen molar-refractivity contribution in [3.05, 3.63) is 29.6 Å². The van der Waals surface area contributed by atoms with Crippen LogP contribution in [0.3, 0.4) is 0 Å². The molecule has 1 N–H and O–H groups in total. The zero-order chi connectivity index (χ0) is 13.7. The third kappa shape index (κ3) is 1.92. The molecule has 1 aromatic heterocycles. The van der Waals surface area contributed by atoms with Crippen LogP contribution in [-0.4, -0.2) is 22.2 Å². The molecule has 4 atom stereocenters. The van der Waals surface area contributed by atoms with Gasteiger partial charge in [-0.25, -0.2) is 13.8 Å². The first-order valence-electron chi connectivity index (χ1n) is 6.47. The molecule has 0 aliphatic carbocycles. The molecule has 1 aromatic carbocycles. The highest BCUT2D eigenvalue weighted by molar-refractivity contribution is 5.75. The smallest absolute Gasteiger partial charge is 0.153 e. The minimum atomic E-state index is -0.634. The second kappa shape index (κ2) is 4.27. The van der Waals surface area contributed by atoms with Crippen molar-refractivity contribution in [1.82, 2.24) is 9.97 Å². The summed E-state index contributed by atoms with van der Waals surface area (Å²) >= 11 is 0. The zero-order valence-electron chi connectivity index (χ0n) is 11.1. The predicted molar refractivity (Wildman–Crippen MR) is 67.9 cm³/mol. The van der Waals surface area contributed by atoms with Crippen LogP contribution in [0.25, 0.3) is 11.0 Å². The molecular weight excluding hydrogens is 250 g/mol. The summed E-state index contributed by atoms with van der Waals surface area (Å²) in [5.74, 6) is -0.209. The van der Waals surface area contributed by atoms with Gasteiger partial charge < -0.3 is 9.72 Å². The van der Waals surface area contributed by atoms with Gasteiger partial charge in [0.25, 0.3) is 0 Å². The lowest BCUT2D eigenvalue weighted by molar-refractivity contribution is 0.0554. The molecule has 1 saturated heterocycles. The topological polar surface area (TPSA) is 37.9 Å². The van der Waals surface area contributed by atoms with E-state index in [1.165, 1.54) is 6.07 Å². The number of imidazole rings is 1. The lowest BCUT2D eigenvalue weighted by Crippen LogP contribution is -2.16. The monoisotopic (exact) mass is 266 g/mol. The van der Waals surface area contributed by atoms with Crippen molar-refractivity contribution >= 4 is 11.0 Å². The van der Waals surface area contributed by atoms with Crippen LogP contribution in [-0.2, 0) is 4.74 Å². The van der Waals surface area contributed by atoms with Gasteiger partial charge in [0, 0.05) is 12.0 Å². The summed E-state index contributed by atoms with van der Waals surface area (Å²) in [4.78, 5) is 7.32. The molecule has 1 fully saturated rings.